The molecule has 0 saturated carbocycles. The number of nitrogens with zero attached hydrogens (tertiary/aromatic N) is 1. The highest BCUT2D eigenvalue weighted by Gasteiger charge is 2.35. The minimum Gasteiger partial charge on any atom is -0.302 e. The third-order valence-electron chi connectivity index (χ3n) is 4.74. The van der Waals surface area contributed by atoms with E-state index >= 15 is 0 Å². The van der Waals surface area contributed by atoms with Crippen molar-refractivity contribution in [1.82, 2.24) is 10.2 Å². The van der Waals surface area contributed by atoms with Crippen molar-refractivity contribution in [3.05, 3.63) is 43.7 Å². The maximum atomic E-state index is 6.16. The molecule has 3 aliphatic heterocycles. The summed E-state index contributed by atoms with van der Waals surface area (Å²) in [5.41, 5.74) is 0. The lowest BCUT2D eigenvalue weighted by atomic mass is 9.83. The molecule has 21 heavy (non-hydrogen) atoms. The monoisotopic (exact) mass is 338 g/mol. The molecule has 3 saturated heterocycles. The molecule has 2 unspecified atom stereocenters. The Morgan fingerprint density at radius 3 is 2.62 bits per heavy atom. The molecule has 0 spiro atoms. The number of piperidine rings is 3. The third kappa shape index (κ3) is 2.92. The van der Waals surface area contributed by atoms with Gasteiger partial charge in [-0.1, -0.05) is 17.7 Å². The maximum Gasteiger partial charge on any atom is 0.0931 e. The predicted molar refractivity (Wildman–Crippen MR) is 91.6 cm³/mol. The van der Waals surface area contributed by atoms with Gasteiger partial charge in [-0.05, 0) is 55.4 Å². The molecular formula is C16H19ClN2S2. The first-order valence-electron chi connectivity index (χ1n) is 7.56. The molecule has 0 aliphatic carbocycles. The first-order valence-corrected chi connectivity index (χ1v) is 9.64. The van der Waals surface area contributed by atoms with Crippen LogP contribution in [0.15, 0.2) is 29.6 Å². The summed E-state index contributed by atoms with van der Waals surface area (Å²) >= 11 is 9.69. The summed E-state index contributed by atoms with van der Waals surface area (Å²) in [7, 11) is 0. The van der Waals surface area contributed by atoms with E-state index in [1.165, 1.54) is 42.2 Å². The fourth-order valence-corrected chi connectivity index (χ4v) is 5.63. The van der Waals surface area contributed by atoms with E-state index in [9.17, 15) is 0 Å². The molecule has 0 amide bonds. The SMILES string of the molecule is Clc1ccc(C(NC2CN3CCC2CC3)c2cccs2)s1. The molecule has 2 aromatic heterocycles. The van der Waals surface area contributed by atoms with Gasteiger partial charge >= 0.3 is 0 Å². The fourth-order valence-electron chi connectivity index (χ4n) is 3.61. The van der Waals surface area contributed by atoms with Crippen LogP contribution in [0.1, 0.15) is 28.6 Å². The van der Waals surface area contributed by atoms with Gasteiger partial charge in [0.25, 0.3) is 0 Å². The summed E-state index contributed by atoms with van der Waals surface area (Å²) in [5, 5.41) is 6.10. The minimum absolute atomic E-state index is 0.299. The van der Waals surface area contributed by atoms with Gasteiger partial charge in [0, 0.05) is 22.3 Å². The summed E-state index contributed by atoms with van der Waals surface area (Å²) in [6.45, 7) is 3.78. The van der Waals surface area contributed by atoms with Crippen molar-refractivity contribution in [3.63, 3.8) is 0 Å². The minimum atomic E-state index is 0.299. The predicted octanol–water partition coefficient (Wildman–Crippen LogP) is 4.24. The largest absolute Gasteiger partial charge is 0.302 e. The van der Waals surface area contributed by atoms with Gasteiger partial charge in [0.2, 0.25) is 0 Å². The second kappa shape index (κ2) is 6.01. The van der Waals surface area contributed by atoms with Crippen LogP contribution in [-0.4, -0.2) is 30.6 Å². The highest BCUT2D eigenvalue weighted by molar-refractivity contribution is 7.16. The lowest BCUT2D eigenvalue weighted by molar-refractivity contribution is 0.0695. The van der Waals surface area contributed by atoms with E-state index in [2.05, 4.69) is 33.8 Å². The average Bonchev–Trinajstić information content (AvgIpc) is 3.18. The first-order chi connectivity index (χ1) is 10.3. The van der Waals surface area contributed by atoms with Gasteiger partial charge in [-0.15, -0.1) is 22.7 Å². The summed E-state index contributed by atoms with van der Waals surface area (Å²) in [6, 6.07) is 9.47. The van der Waals surface area contributed by atoms with Gasteiger partial charge in [0.05, 0.1) is 10.4 Å². The van der Waals surface area contributed by atoms with Gasteiger partial charge in [-0.25, -0.2) is 0 Å². The molecule has 3 aliphatic rings. The zero-order valence-corrected chi connectivity index (χ0v) is 14.2. The number of hydrogen-bond donors (Lipinski definition) is 1. The van der Waals surface area contributed by atoms with E-state index in [0.29, 0.717) is 12.1 Å². The summed E-state index contributed by atoms with van der Waals surface area (Å²) in [4.78, 5) is 5.33. The van der Waals surface area contributed by atoms with Gasteiger partial charge in [-0.3, -0.25) is 0 Å². The molecule has 2 atom stereocenters. The normalized spacial score (nSPS) is 29.7. The smallest absolute Gasteiger partial charge is 0.0931 e. The Hall–Kier alpha value is -0.390. The molecule has 3 fully saturated rings. The van der Waals surface area contributed by atoms with E-state index in [-0.39, 0.29) is 0 Å². The molecule has 5 heterocycles. The molecule has 1 N–H and O–H groups in total. The molecule has 112 valence electrons. The van der Waals surface area contributed by atoms with Gasteiger partial charge in [0.1, 0.15) is 0 Å². The standard InChI is InChI=1S/C16H19ClN2S2/c17-15-4-3-14(21-15)16(13-2-1-9-20-13)18-12-10-19-7-5-11(12)6-8-19/h1-4,9,11-12,16,18H,5-8,10H2. The Kier molecular flexibility index (Phi) is 4.07. The molecule has 5 rings (SSSR count). The van der Waals surface area contributed by atoms with Crippen LogP contribution in [0.5, 0.6) is 0 Å². The average molecular weight is 339 g/mol. The number of fused-ring (bicyclic) bond motifs is 3. The molecular weight excluding hydrogens is 320 g/mol. The Bertz CT molecular complexity index is 587. The maximum absolute atomic E-state index is 6.16. The summed E-state index contributed by atoms with van der Waals surface area (Å²) in [5.74, 6) is 0.841. The lowest BCUT2D eigenvalue weighted by Crippen LogP contribution is -2.56. The molecule has 2 nitrogen and oxygen atoms in total. The Balaban J connectivity index is 1.58. The van der Waals surface area contributed by atoms with E-state index < -0.39 is 0 Å². The highest BCUT2D eigenvalue weighted by Crippen LogP contribution is 2.36. The van der Waals surface area contributed by atoms with Crippen molar-refractivity contribution in [1.29, 1.82) is 0 Å². The van der Waals surface area contributed by atoms with Gasteiger partial charge in [-0.2, -0.15) is 0 Å². The van der Waals surface area contributed by atoms with Crippen molar-refractivity contribution in [3.8, 4) is 0 Å². The zero-order chi connectivity index (χ0) is 14.2. The molecule has 2 bridgehead atoms. The van der Waals surface area contributed by atoms with Crippen molar-refractivity contribution in [2.75, 3.05) is 19.6 Å². The number of hydrogen-bond acceptors (Lipinski definition) is 4. The van der Waals surface area contributed by atoms with Crippen LogP contribution in [0.2, 0.25) is 4.34 Å². The highest BCUT2D eigenvalue weighted by atomic mass is 35.5. The van der Waals surface area contributed by atoms with Crippen LogP contribution in [0.4, 0.5) is 0 Å². The van der Waals surface area contributed by atoms with Gasteiger partial charge in [0.15, 0.2) is 0 Å². The van der Waals surface area contributed by atoms with Crippen LogP contribution < -0.4 is 5.32 Å². The molecule has 0 radical (unpaired) electrons. The van der Waals surface area contributed by atoms with Crippen molar-refractivity contribution < 1.29 is 0 Å². The van der Waals surface area contributed by atoms with Crippen LogP contribution in [0.25, 0.3) is 0 Å². The second-order valence-electron chi connectivity index (χ2n) is 6.00. The number of rotatable bonds is 4. The van der Waals surface area contributed by atoms with E-state index in [1.807, 2.05) is 17.4 Å². The van der Waals surface area contributed by atoms with E-state index in [1.54, 1.807) is 11.3 Å². The topological polar surface area (TPSA) is 15.3 Å². The van der Waals surface area contributed by atoms with Crippen molar-refractivity contribution in [2.24, 2.45) is 5.92 Å². The summed E-state index contributed by atoms with van der Waals surface area (Å²) < 4.78 is 0.877. The van der Waals surface area contributed by atoms with Crippen LogP contribution in [0.3, 0.4) is 0 Å². The number of thiophene rings is 2. The third-order valence-corrected chi connectivity index (χ3v) is 6.98. The Morgan fingerprint density at radius 2 is 2.05 bits per heavy atom. The fraction of sp³-hybridized carbons (Fsp3) is 0.500. The number of halogens is 1. The Morgan fingerprint density at radius 1 is 1.19 bits per heavy atom. The quantitative estimate of drug-likeness (QED) is 0.897. The van der Waals surface area contributed by atoms with Gasteiger partial charge < -0.3 is 10.2 Å². The second-order valence-corrected chi connectivity index (χ2v) is 8.73. The number of nitrogens with one attached hydrogen (secondary N) is 1. The lowest BCUT2D eigenvalue weighted by Gasteiger charge is -2.46. The Labute approximate surface area is 138 Å². The van der Waals surface area contributed by atoms with Crippen LogP contribution >= 0.6 is 34.3 Å². The van der Waals surface area contributed by atoms with E-state index in [4.69, 9.17) is 11.6 Å². The molecule has 5 heteroatoms. The van der Waals surface area contributed by atoms with Crippen molar-refractivity contribution >= 4 is 34.3 Å². The summed E-state index contributed by atoms with van der Waals surface area (Å²) in [6.07, 6.45) is 2.69. The molecule has 2 aromatic rings. The van der Waals surface area contributed by atoms with Crippen LogP contribution in [-0.2, 0) is 0 Å². The van der Waals surface area contributed by atoms with Crippen LogP contribution in [0, 0.1) is 5.92 Å². The first kappa shape index (κ1) is 14.2. The van der Waals surface area contributed by atoms with E-state index in [0.717, 1.165) is 10.3 Å². The molecule has 0 aromatic carbocycles. The zero-order valence-electron chi connectivity index (χ0n) is 11.8. The van der Waals surface area contributed by atoms with Crippen molar-refractivity contribution in [2.45, 2.75) is 24.9 Å².